The fourth-order valence-electron chi connectivity index (χ4n) is 4.19. The number of guanidine groups is 1. The number of likely N-dealkylation sites (tertiary alicyclic amines) is 2. The first-order chi connectivity index (χ1) is 13.3. The Morgan fingerprint density at radius 2 is 1.93 bits per heavy atom. The number of para-hydroxylation sites is 1. The third-order valence-corrected chi connectivity index (χ3v) is 6.00. The predicted octanol–water partition coefficient (Wildman–Crippen LogP) is 3.73. The Morgan fingerprint density at radius 3 is 2.68 bits per heavy atom. The van der Waals surface area contributed by atoms with Crippen molar-refractivity contribution < 1.29 is 4.74 Å². The monoisotopic (exact) mass is 498 g/mol. The highest BCUT2D eigenvalue weighted by molar-refractivity contribution is 14.0. The molecule has 0 amide bonds. The summed E-state index contributed by atoms with van der Waals surface area (Å²) in [5.74, 6) is 2.82. The number of nitrogens with one attached hydrogen (secondary N) is 1. The van der Waals surface area contributed by atoms with Crippen LogP contribution in [0, 0.1) is 5.92 Å². The maximum Gasteiger partial charge on any atom is 0.194 e. The van der Waals surface area contributed by atoms with Crippen LogP contribution in [0.2, 0.25) is 0 Å². The zero-order chi connectivity index (χ0) is 18.5. The van der Waals surface area contributed by atoms with Gasteiger partial charge >= 0.3 is 0 Å². The van der Waals surface area contributed by atoms with Gasteiger partial charge in [0.1, 0.15) is 5.75 Å². The van der Waals surface area contributed by atoms with Crippen LogP contribution in [-0.4, -0.2) is 61.1 Å². The number of aliphatic imine (C=N–C) groups is 1. The van der Waals surface area contributed by atoms with Crippen molar-refractivity contribution in [1.29, 1.82) is 0 Å². The van der Waals surface area contributed by atoms with Crippen molar-refractivity contribution in [3.8, 4) is 5.75 Å². The Balaban J connectivity index is 0.00000225. The summed E-state index contributed by atoms with van der Waals surface area (Å²) < 4.78 is 6.05. The van der Waals surface area contributed by atoms with Gasteiger partial charge in [-0.15, -0.1) is 24.0 Å². The molecule has 1 aliphatic carbocycles. The minimum atomic E-state index is 0. The summed E-state index contributed by atoms with van der Waals surface area (Å²) in [6.07, 6.45) is 6.62. The molecule has 6 heteroatoms. The SMILES string of the molecule is CCNC(=NCc1ccccc1OCC1CC1)N1CCC(N2CCCC2)C1.I. The molecule has 1 aromatic rings. The molecular formula is C22H35IN4O. The molecule has 1 N–H and O–H groups in total. The van der Waals surface area contributed by atoms with Crippen LogP contribution in [0.4, 0.5) is 0 Å². The minimum absolute atomic E-state index is 0. The van der Waals surface area contributed by atoms with E-state index in [9.17, 15) is 0 Å². The lowest BCUT2D eigenvalue weighted by molar-refractivity contribution is 0.249. The fourth-order valence-corrected chi connectivity index (χ4v) is 4.19. The molecule has 2 aliphatic heterocycles. The van der Waals surface area contributed by atoms with Crippen molar-refractivity contribution in [2.75, 3.05) is 39.3 Å². The number of hydrogen-bond donors (Lipinski definition) is 1. The van der Waals surface area contributed by atoms with Crippen molar-refractivity contribution in [2.45, 2.75) is 51.6 Å². The number of hydrogen-bond acceptors (Lipinski definition) is 3. The van der Waals surface area contributed by atoms with Crippen LogP contribution in [0.3, 0.4) is 0 Å². The third-order valence-electron chi connectivity index (χ3n) is 6.00. The second-order valence-electron chi connectivity index (χ2n) is 8.16. The normalized spacial score (nSPS) is 23.0. The van der Waals surface area contributed by atoms with Crippen LogP contribution in [0.5, 0.6) is 5.75 Å². The second kappa shape index (κ2) is 10.7. The van der Waals surface area contributed by atoms with Crippen molar-refractivity contribution in [3.63, 3.8) is 0 Å². The molecule has 4 rings (SSSR count). The van der Waals surface area contributed by atoms with Crippen LogP contribution in [0.1, 0.15) is 44.6 Å². The van der Waals surface area contributed by atoms with Crippen LogP contribution >= 0.6 is 24.0 Å². The Kier molecular flexibility index (Phi) is 8.26. The van der Waals surface area contributed by atoms with E-state index in [0.717, 1.165) is 43.9 Å². The smallest absolute Gasteiger partial charge is 0.194 e. The molecule has 156 valence electrons. The lowest BCUT2D eigenvalue weighted by Crippen LogP contribution is -2.42. The van der Waals surface area contributed by atoms with Gasteiger partial charge in [0, 0.05) is 31.2 Å². The number of halogens is 1. The molecule has 1 saturated carbocycles. The Labute approximate surface area is 186 Å². The van der Waals surface area contributed by atoms with Gasteiger partial charge in [-0.3, -0.25) is 4.90 Å². The van der Waals surface area contributed by atoms with Crippen molar-refractivity contribution in [2.24, 2.45) is 10.9 Å². The van der Waals surface area contributed by atoms with Crippen molar-refractivity contribution in [1.82, 2.24) is 15.1 Å². The van der Waals surface area contributed by atoms with E-state index in [4.69, 9.17) is 9.73 Å². The maximum absolute atomic E-state index is 6.05. The van der Waals surface area contributed by atoms with E-state index >= 15 is 0 Å². The fraction of sp³-hybridized carbons (Fsp3) is 0.682. The molecular weight excluding hydrogens is 463 g/mol. The van der Waals surface area contributed by atoms with Gasteiger partial charge in [0.25, 0.3) is 0 Å². The summed E-state index contributed by atoms with van der Waals surface area (Å²) >= 11 is 0. The van der Waals surface area contributed by atoms with Crippen LogP contribution in [0.25, 0.3) is 0 Å². The highest BCUT2D eigenvalue weighted by Crippen LogP contribution is 2.30. The molecule has 2 saturated heterocycles. The molecule has 0 spiro atoms. The summed E-state index contributed by atoms with van der Waals surface area (Å²) in [6, 6.07) is 9.07. The summed E-state index contributed by atoms with van der Waals surface area (Å²) in [4.78, 5) is 10.1. The molecule has 2 heterocycles. The summed E-state index contributed by atoms with van der Waals surface area (Å²) in [6.45, 7) is 9.34. The Bertz CT molecular complexity index is 643. The van der Waals surface area contributed by atoms with Gasteiger partial charge in [0.05, 0.1) is 13.2 Å². The van der Waals surface area contributed by atoms with E-state index < -0.39 is 0 Å². The van der Waals surface area contributed by atoms with Gasteiger partial charge in [-0.25, -0.2) is 4.99 Å². The van der Waals surface area contributed by atoms with E-state index in [-0.39, 0.29) is 24.0 Å². The molecule has 3 fully saturated rings. The summed E-state index contributed by atoms with van der Waals surface area (Å²) in [5, 5.41) is 3.50. The van der Waals surface area contributed by atoms with Gasteiger partial charge in [0.2, 0.25) is 0 Å². The van der Waals surface area contributed by atoms with Crippen LogP contribution in [-0.2, 0) is 6.54 Å². The molecule has 0 aromatic heterocycles. The first-order valence-electron chi connectivity index (χ1n) is 10.8. The van der Waals surface area contributed by atoms with E-state index in [2.05, 4.69) is 46.3 Å². The highest BCUT2D eigenvalue weighted by Gasteiger charge is 2.30. The largest absolute Gasteiger partial charge is 0.493 e. The topological polar surface area (TPSA) is 40.1 Å². The van der Waals surface area contributed by atoms with E-state index in [0.29, 0.717) is 12.6 Å². The number of nitrogens with zero attached hydrogens (tertiary/aromatic N) is 3. The average Bonchev–Trinajstić information content (AvgIpc) is 3.15. The average molecular weight is 498 g/mol. The van der Waals surface area contributed by atoms with Gasteiger partial charge in [-0.2, -0.15) is 0 Å². The molecule has 1 atom stereocenters. The maximum atomic E-state index is 6.05. The van der Waals surface area contributed by atoms with Gasteiger partial charge in [-0.05, 0) is 64.1 Å². The molecule has 0 bridgehead atoms. The zero-order valence-corrected chi connectivity index (χ0v) is 19.4. The van der Waals surface area contributed by atoms with Crippen LogP contribution in [0.15, 0.2) is 29.3 Å². The van der Waals surface area contributed by atoms with E-state index in [1.54, 1.807) is 0 Å². The zero-order valence-electron chi connectivity index (χ0n) is 17.1. The third kappa shape index (κ3) is 5.75. The molecule has 28 heavy (non-hydrogen) atoms. The highest BCUT2D eigenvalue weighted by atomic mass is 127. The lowest BCUT2D eigenvalue weighted by Gasteiger charge is -2.25. The van der Waals surface area contributed by atoms with Gasteiger partial charge in [-0.1, -0.05) is 18.2 Å². The first kappa shape index (κ1) is 21.7. The van der Waals surface area contributed by atoms with Crippen LogP contribution < -0.4 is 10.1 Å². The number of rotatable bonds is 7. The number of benzene rings is 1. The van der Waals surface area contributed by atoms with Gasteiger partial charge in [0.15, 0.2) is 5.96 Å². The summed E-state index contributed by atoms with van der Waals surface area (Å²) in [5.41, 5.74) is 1.18. The lowest BCUT2D eigenvalue weighted by atomic mass is 10.2. The molecule has 0 radical (unpaired) electrons. The van der Waals surface area contributed by atoms with E-state index in [1.165, 1.54) is 50.8 Å². The Morgan fingerprint density at radius 1 is 1.14 bits per heavy atom. The van der Waals surface area contributed by atoms with Crippen molar-refractivity contribution in [3.05, 3.63) is 29.8 Å². The predicted molar refractivity (Wildman–Crippen MR) is 126 cm³/mol. The quantitative estimate of drug-likeness (QED) is 0.354. The first-order valence-corrected chi connectivity index (χ1v) is 10.8. The molecule has 1 unspecified atom stereocenters. The molecule has 1 aromatic carbocycles. The van der Waals surface area contributed by atoms with Gasteiger partial charge < -0.3 is 15.0 Å². The summed E-state index contributed by atoms with van der Waals surface area (Å²) in [7, 11) is 0. The van der Waals surface area contributed by atoms with Crippen molar-refractivity contribution >= 4 is 29.9 Å². The molecule has 5 nitrogen and oxygen atoms in total. The number of ether oxygens (including phenoxy) is 1. The van der Waals surface area contributed by atoms with E-state index in [1.807, 2.05) is 0 Å². The standard InChI is InChI=1S/C22H34N4O.HI/c1-2-23-22(26-14-11-20(16-26)25-12-5-6-13-25)24-15-19-7-3-4-8-21(19)27-17-18-9-10-18;/h3-4,7-8,18,20H,2,5-6,9-17H2,1H3,(H,23,24);1H. The Hall–Kier alpha value is -1.02. The second-order valence-corrected chi connectivity index (χ2v) is 8.16. The molecule has 3 aliphatic rings. The minimum Gasteiger partial charge on any atom is -0.493 e.